The maximum atomic E-state index is 9.03. The van der Waals surface area contributed by atoms with Gasteiger partial charge in [0.2, 0.25) is 0 Å². The van der Waals surface area contributed by atoms with Gasteiger partial charge in [-0.05, 0) is 0 Å². The molecule has 0 aromatic heterocycles. The molecule has 0 aliphatic carbocycles. The summed E-state index contributed by atoms with van der Waals surface area (Å²) < 4.78 is 4.85. The molecule has 1 aliphatic rings. The summed E-state index contributed by atoms with van der Waals surface area (Å²) in [6.07, 6.45) is -1.20. The molecule has 60 valence electrons. The Labute approximate surface area is 59.1 Å². The Morgan fingerprint density at radius 3 is 2.50 bits per heavy atom. The fraction of sp³-hybridized carbons (Fsp3) is 1.00. The Balaban J connectivity index is 2.35. The minimum Gasteiger partial charge on any atom is -0.394 e. The number of aliphatic hydroxyl groups excluding tert-OH is 3. The molecule has 1 aliphatic heterocycles. The first-order valence-electron chi connectivity index (χ1n) is 3.35. The number of hydrogen-bond donors (Lipinski definition) is 3. The predicted octanol–water partition coefficient (Wildman–Crippen LogP) is -1.16. The van der Waals surface area contributed by atoms with Crippen LogP contribution in [0.15, 0.2) is 0 Å². The molecule has 1 heterocycles. The highest BCUT2D eigenvalue weighted by atomic mass is 16.6. The summed E-state index contributed by atoms with van der Waals surface area (Å²) in [4.78, 5) is 0. The van der Waals surface area contributed by atoms with E-state index in [1.165, 1.54) is 0 Å². The van der Waals surface area contributed by atoms with E-state index in [0.717, 1.165) is 0 Å². The largest absolute Gasteiger partial charge is 0.394 e. The van der Waals surface area contributed by atoms with Crippen molar-refractivity contribution in [1.29, 1.82) is 0 Å². The topological polar surface area (TPSA) is 69.9 Å². The predicted molar refractivity (Wildman–Crippen MR) is 33.2 cm³/mol. The van der Waals surface area contributed by atoms with E-state index in [0.29, 0.717) is 6.42 Å². The Hall–Kier alpha value is -0.160. The zero-order valence-corrected chi connectivity index (χ0v) is 5.60. The molecule has 4 nitrogen and oxygen atoms in total. The lowest BCUT2D eigenvalue weighted by molar-refractivity contribution is -0.197. The van der Waals surface area contributed by atoms with Crippen molar-refractivity contribution in [2.45, 2.75) is 31.3 Å². The lowest BCUT2D eigenvalue weighted by Gasteiger charge is -2.28. The first-order valence-corrected chi connectivity index (χ1v) is 3.35. The van der Waals surface area contributed by atoms with Crippen LogP contribution in [-0.2, 0) is 4.74 Å². The minimum atomic E-state index is -0.916. The van der Waals surface area contributed by atoms with Crippen molar-refractivity contribution in [2.75, 3.05) is 6.61 Å². The molecule has 0 saturated carbocycles. The minimum absolute atomic E-state index is 0.145. The molecule has 0 amide bonds. The van der Waals surface area contributed by atoms with Gasteiger partial charge in [-0.3, -0.25) is 0 Å². The number of ether oxygens (including phenoxy) is 1. The van der Waals surface area contributed by atoms with Gasteiger partial charge in [-0.1, -0.05) is 0 Å². The molecule has 3 N–H and O–H groups in total. The first-order chi connectivity index (χ1) is 4.72. The van der Waals surface area contributed by atoms with Crippen molar-refractivity contribution in [2.24, 2.45) is 0 Å². The van der Waals surface area contributed by atoms with Crippen LogP contribution in [0.2, 0.25) is 0 Å². The Bertz CT molecular complexity index is 95.9. The van der Waals surface area contributed by atoms with Crippen LogP contribution in [0.3, 0.4) is 0 Å². The second-order valence-corrected chi connectivity index (χ2v) is 2.52. The quantitative estimate of drug-likeness (QED) is 0.438. The van der Waals surface area contributed by atoms with Gasteiger partial charge < -0.3 is 20.1 Å². The summed E-state index contributed by atoms with van der Waals surface area (Å²) in [6.45, 7) is -0.145. The van der Waals surface area contributed by atoms with Crippen LogP contribution < -0.4 is 0 Å². The highest BCUT2D eigenvalue weighted by Crippen LogP contribution is 2.17. The maximum Gasteiger partial charge on any atom is 0.157 e. The Kier molecular flexibility index (Phi) is 2.62. The van der Waals surface area contributed by atoms with Crippen LogP contribution in [-0.4, -0.2) is 40.4 Å². The van der Waals surface area contributed by atoms with Crippen LogP contribution in [0.4, 0.5) is 0 Å². The van der Waals surface area contributed by atoms with Crippen molar-refractivity contribution in [3.63, 3.8) is 0 Å². The van der Waals surface area contributed by atoms with Crippen LogP contribution in [0.25, 0.3) is 0 Å². The molecule has 0 radical (unpaired) electrons. The van der Waals surface area contributed by atoms with Crippen LogP contribution in [0.5, 0.6) is 0 Å². The van der Waals surface area contributed by atoms with E-state index in [9.17, 15) is 0 Å². The van der Waals surface area contributed by atoms with Gasteiger partial charge in [0, 0.05) is 12.8 Å². The number of aliphatic hydroxyl groups is 3. The van der Waals surface area contributed by atoms with Gasteiger partial charge in [0.05, 0.1) is 18.8 Å². The van der Waals surface area contributed by atoms with Crippen LogP contribution >= 0.6 is 0 Å². The lowest BCUT2D eigenvalue weighted by Crippen LogP contribution is -2.37. The van der Waals surface area contributed by atoms with Crippen molar-refractivity contribution < 1.29 is 20.1 Å². The average Bonchev–Trinajstić information content (AvgIpc) is 1.85. The molecule has 1 saturated heterocycles. The molecule has 0 bridgehead atoms. The highest BCUT2D eigenvalue weighted by Gasteiger charge is 2.25. The van der Waals surface area contributed by atoms with E-state index in [4.69, 9.17) is 20.1 Å². The summed E-state index contributed by atoms with van der Waals surface area (Å²) in [5, 5.41) is 26.5. The van der Waals surface area contributed by atoms with Gasteiger partial charge in [-0.2, -0.15) is 0 Å². The summed E-state index contributed by atoms with van der Waals surface area (Å²) in [7, 11) is 0. The van der Waals surface area contributed by atoms with Gasteiger partial charge in [0.25, 0.3) is 0 Å². The second kappa shape index (κ2) is 3.30. The summed E-state index contributed by atoms with van der Waals surface area (Å²) in [5.74, 6) is 0. The van der Waals surface area contributed by atoms with E-state index in [2.05, 4.69) is 0 Å². The molecule has 2 unspecified atom stereocenters. The van der Waals surface area contributed by atoms with E-state index >= 15 is 0 Å². The van der Waals surface area contributed by atoms with E-state index in [-0.39, 0.29) is 13.0 Å². The third-order valence-electron chi connectivity index (χ3n) is 1.56. The van der Waals surface area contributed by atoms with E-state index in [1.807, 2.05) is 0 Å². The monoisotopic (exact) mass is 148 g/mol. The molecule has 3 atom stereocenters. The van der Waals surface area contributed by atoms with Crippen molar-refractivity contribution in [1.82, 2.24) is 0 Å². The highest BCUT2D eigenvalue weighted by molar-refractivity contribution is 4.71. The molecule has 1 fully saturated rings. The standard InChI is InChI=1S/C6H12O4/c7-3-5-1-4(8)2-6(9)10-5/h4-9H,1-3H2/t4?,5-,6?/m0/s1. The summed E-state index contributed by atoms with van der Waals surface area (Å²) in [6, 6.07) is 0. The SMILES string of the molecule is OC[C@@H]1CC(O)CC(O)O1. The molecule has 1 rings (SSSR count). The average molecular weight is 148 g/mol. The van der Waals surface area contributed by atoms with Gasteiger partial charge in [-0.15, -0.1) is 0 Å². The number of hydrogen-bond acceptors (Lipinski definition) is 4. The molecular formula is C6H12O4. The normalized spacial score (nSPS) is 41.7. The summed E-state index contributed by atoms with van der Waals surface area (Å²) >= 11 is 0. The maximum absolute atomic E-state index is 9.03. The smallest absolute Gasteiger partial charge is 0.157 e. The zero-order valence-electron chi connectivity index (χ0n) is 5.60. The van der Waals surface area contributed by atoms with Crippen molar-refractivity contribution in [3.05, 3.63) is 0 Å². The molecule has 10 heavy (non-hydrogen) atoms. The number of rotatable bonds is 1. The van der Waals surface area contributed by atoms with Gasteiger partial charge >= 0.3 is 0 Å². The third kappa shape index (κ3) is 1.91. The fourth-order valence-electron chi connectivity index (χ4n) is 1.08. The van der Waals surface area contributed by atoms with E-state index < -0.39 is 18.5 Å². The molecule has 0 spiro atoms. The van der Waals surface area contributed by atoms with Crippen molar-refractivity contribution >= 4 is 0 Å². The first kappa shape index (κ1) is 7.94. The zero-order chi connectivity index (χ0) is 7.56. The third-order valence-corrected chi connectivity index (χ3v) is 1.56. The summed E-state index contributed by atoms with van der Waals surface area (Å²) in [5.41, 5.74) is 0. The van der Waals surface area contributed by atoms with Crippen LogP contribution in [0.1, 0.15) is 12.8 Å². The molecule has 4 heteroatoms. The van der Waals surface area contributed by atoms with E-state index in [1.54, 1.807) is 0 Å². The molecule has 0 aromatic rings. The molecular weight excluding hydrogens is 136 g/mol. The van der Waals surface area contributed by atoms with Gasteiger partial charge in [0.15, 0.2) is 6.29 Å². The Morgan fingerprint density at radius 1 is 1.30 bits per heavy atom. The van der Waals surface area contributed by atoms with Gasteiger partial charge in [-0.25, -0.2) is 0 Å². The lowest BCUT2D eigenvalue weighted by atomic mass is 10.1. The second-order valence-electron chi connectivity index (χ2n) is 2.52. The van der Waals surface area contributed by atoms with Crippen molar-refractivity contribution in [3.8, 4) is 0 Å². The fourth-order valence-corrected chi connectivity index (χ4v) is 1.08. The Morgan fingerprint density at radius 2 is 2.00 bits per heavy atom. The van der Waals surface area contributed by atoms with Crippen LogP contribution in [0, 0.1) is 0 Å². The van der Waals surface area contributed by atoms with Gasteiger partial charge in [0.1, 0.15) is 0 Å². The molecule has 0 aromatic carbocycles.